The van der Waals surface area contributed by atoms with Crippen molar-refractivity contribution in [3.8, 4) is 0 Å². The fraction of sp³-hybridized carbons (Fsp3) is 0.500. The van der Waals surface area contributed by atoms with Crippen LogP contribution in [0.15, 0.2) is 24.4 Å². The lowest BCUT2D eigenvalue weighted by Gasteiger charge is -2.45. The Labute approximate surface area is 155 Å². The fourth-order valence-electron chi connectivity index (χ4n) is 5.64. The second kappa shape index (κ2) is 5.71. The number of aromatic amines is 1. The molecule has 3 aromatic rings. The number of fused-ring (bicyclic) bond motifs is 2. The van der Waals surface area contributed by atoms with Gasteiger partial charge in [0.25, 0.3) is 0 Å². The number of likely N-dealkylation sites (tertiary alicyclic amines) is 1. The minimum absolute atomic E-state index is 0.637. The first-order chi connectivity index (χ1) is 12.5. The molecule has 0 amide bonds. The number of likely N-dealkylation sites (N-methyl/N-ethyl adjacent to an activating group) is 1. The molecule has 0 bridgehead atoms. The quantitative estimate of drug-likeness (QED) is 0.766. The Morgan fingerprint density at radius 3 is 2.85 bits per heavy atom. The van der Waals surface area contributed by atoms with Crippen molar-refractivity contribution in [3.05, 3.63) is 52.5 Å². The number of hydrogen-bond acceptors (Lipinski definition) is 2. The Hall–Kier alpha value is -2.07. The van der Waals surface area contributed by atoms with E-state index in [1.54, 1.807) is 5.56 Å². The standard InChI is InChI=1S/C22H28N4/c1-13-18(14(2)24-23-13)8-15-9-19-17-6-5-7-20-22(17)16(12-26(20)4)10-21(19)25(3)11-15/h5-7,12,15,19,21H,8-11H2,1-4H3,(H,23,24)/t15-,19-,21-/m1/s1. The van der Waals surface area contributed by atoms with Crippen LogP contribution < -0.4 is 0 Å². The van der Waals surface area contributed by atoms with Crippen LogP contribution >= 0.6 is 0 Å². The Balaban J connectivity index is 1.52. The SMILES string of the molecule is Cc1n[nH]c(C)c1C[C@@H]1C[C@@H]2c3cccc4c3c(cn4C)C[C@H]2N(C)C1. The highest BCUT2D eigenvalue weighted by Gasteiger charge is 2.39. The molecule has 1 aromatic carbocycles. The van der Waals surface area contributed by atoms with E-state index in [0.29, 0.717) is 17.9 Å². The lowest BCUT2D eigenvalue weighted by atomic mass is 9.71. The minimum atomic E-state index is 0.637. The number of aryl methyl sites for hydroxylation is 3. The maximum atomic E-state index is 4.40. The van der Waals surface area contributed by atoms with Crippen LogP contribution in [0.4, 0.5) is 0 Å². The third kappa shape index (κ3) is 2.28. The molecule has 5 rings (SSSR count). The zero-order chi connectivity index (χ0) is 18.0. The van der Waals surface area contributed by atoms with E-state index in [9.17, 15) is 0 Å². The lowest BCUT2D eigenvalue weighted by molar-refractivity contribution is 0.111. The van der Waals surface area contributed by atoms with Gasteiger partial charge in [0.1, 0.15) is 0 Å². The molecule has 2 aliphatic rings. The van der Waals surface area contributed by atoms with E-state index < -0.39 is 0 Å². The Morgan fingerprint density at radius 2 is 2.08 bits per heavy atom. The third-order valence-corrected chi connectivity index (χ3v) is 6.89. The Morgan fingerprint density at radius 1 is 1.23 bits per heavy atom. The predicted molar refractivity (Wildman–Crippen MR) is 106 cm³/mol. The van der Waals surface area contributed by atoms with Crippen LogP contribution in [0.1, 0.15) is 40.4 Å². The first-order valence-electron chi connectivity index (χ1n) is 9.80. The summed E-state index contributed by atoms with van der Waals surface area (Å²) >= 11 is 0. The second-order valence-corrected chi connectivity index (χ2v) is 8.54. The summed E-state index contributed by atoms with van der Waals surface area (Å²) in [7, 11) is 4.51. The van der Waals surface area contributed by atoms with Crippen molar-refractivity contribution >= 4 is 10.9 Å². The third-order valence-electron chi connectivity index (χ3n) is 6.89. The van der Waals surface area contributed by atoms with Gasteiger partial charge in [-0.1, -0.05) is 12.1 Å². The molecule has 1 fully saturated rings. The van der Waals surface area contributed by atoms with Gasteiger partial charge in [-0.25, -0.2) is 0 Å². The van der Waals surface area contributed by atoms with E-state index in [4.69, 9.17) is 0 Å². The Kier molecular flexibility index (Phi) is 3.54. The van der Waals surface area contributed by atoms with E-state index in [0.717, 1.165) is 6.42 Å². The van der Waals surface area contributed by atoms with Crippen LogP contribution in [-0.4, -0.2) is 39.3 Å². The largest absolute Gasteiger partial charge is 0.350 e. The normalized spacial score (nSPS) is 25.6. The van der Waals surface area contributed by atoms with Crippen LogP contribution in [-0.2, 0) is 19.9 Å². The summed E-state index contributed by atoms with van der Waals surface area (Å²) in [6.45, 7) is 5.47. The predicted octanol–water partition coefficient (Wildman–Crippen LogP) is 3.72. The maximum absolute atomic E-state index is 4.40. The van der Waals surface area contributed by atoms with Gasteiger partial charge in [0.05, 0.1) is 5.69 Å². The number of benzene rings is 1. The molecule has 3 atom stereocenters. The van der Waals surface area contributed by atoms with E-state index in [2.05, 4.69) is 72.0 Å². The van der Waals surface area contributed by atoms with Gasteiger partial charge in [0.2, 0.25) is 0 Å². The molecule has 26 heavy (non-hydrogen) atoms. The topological polar surface area (TPSA) is 36.9 Å². The van der Waals surface area contributed by atoms with Gasteiger partial charge in [0.15, 0.2) is 0 Å². The zero-order valence-corrected chi connectivity index (χ0v) is 16.2. The van der Waals surface area contributed by atoms with E-state index >= 15 is 0 Å². The zero-order valence-electron chi connectivity index (χ0n) is 16.2. The molecule has 4 heteroatoms. The number of nitrogens with one attached hydrogen (secondary N) is 1. The molecule has 0 unspecified atom stereocenters. The van der Waals surface area contributed by atoms with Crippen molar-refractivity contribution in [2.45, 2.75) is 45.1 Å². The summed E-state index contributed by atoms with van der Waals surface area (Å²) in [5, 5.41) is 9.09. The van der Waals surface area contributed by atoms with Crippen molar-refractivity contribution in [2.75, 3.05) is 13.6 Å². The van der Waals surface area contributed by atoms with Crippen LogP contribution in [0, 0.1) is 19.8 Å². The summed E-state index contributed by atoms with van der Waals surface area (Å²) in [4.78, 5) is 2.62. The van der Waals surface area contributed by atoms with Gasteiger partial charge in [-0.3, -0.25) is 5.10 Å². The molecule has 0 saturated carbocycles. The monoisotopic (exact) mass is 348 g/mol. The first kappa shape index (κ1) is 16.1. The van der Waals surface area contributed by atoms with Crippen molar-refractivity contribution in [1.82, 2.24) is 19.7 Å². The van der Waals surface area contributed by atoms with Crippen molar-refractivity contribution in [2.24, 2.45) is 13.0 Å². The highest BCUT2D eigenvalue weighted by Crippen LogP contribution is 2.45. The van der Waals surface area contributed by atoms with Gasteiger partial charge in [-0.2, -0.15) is 5.10 Å². The lowest BCUT2D eigenvalue weighted by Crippen LogP contribution is -2.48. The molecule has 1 saturated heterocycles. The maximum Gasteiger partial charge on any atom is 0.0626 e. The number of aromatic nitrogens is 3. The summed E-state index contributed by atoms with van der Waals surface area (Å²) in [6.07, 6.45) is 5.96. The number of piperidine rings is 1. The fourth-order valence-corrected chi connectivity index (χ4v) is 5.64. The molecule has 0 radical (unpaired) electrons. The van der Waals surface area contributed by atoms with Crippen LogP contribution in [0.5, 0.6) is 0 Å². The number of hydrogen-bond donors (Lipinski definition) is 1. The number of nitrogens with zero attached hydrogens (tertiary/aromatic N) is 3. The van der Waals surface area contributed by atoms with Crippen LogP contribution in [0.3, 0.4) is 0 Å². The highest BCUT2D eigenvalue weighted by molar-refractivity contribution is 5.89. The summed E-state index contributed by atoms with van der Waals surface area (Å²) in [5.41, 5.74) is 8.34. The molecule has 2 aromatic heterocycles. The summed E-state index contributed by atoms with van der Waals surface area (Å²) in [5.74, 6) is 1.33. The molecule has 4 nitrogen and oxygen atoms in total. The van der Waals surface area contributed by atoms with Crippen LogP contribution in [0.2, 0.25) is 0 Å². The molecular formula is C22H28N4. The first-order valence-corrected chi connectivity index (χ1v) is 9.80. The highest BCUT2D eigenvalue weighted by atomic mass is 15.2. The minimum Gasteiger partial charge on any atom is -0.350 e. The average molecular weight is 348 g/mol. The average Bonchev–Trinajstić information content (AvgIpc) is 3.11. The van der Waals surface area contributed by atoms with Crippen molar-refractivity contribution in [3.63, 3.8) is 0 Å². The molecule has 1 N–H and O–H groups in total. The van der Waals surface area contributed by atoms with Gasteiger partial charge in [0, 0.05) is 48.3 Å². The molecular weight excluding hydrogens is 320 g/mol. The molecule has 0 spiro atoms. The van der Waals surface area contributed by atoms with Crippen molar-refractivity contribution < 1.29 is 0 Å². The van der Waals surface area contributed by atoms with Gasteiger partial charge in [-0.15, -0.1) is 0 Å². The molecule has 3 heterocycles. The van der Waals surface area contributed by atoms with E-state index in [-0.39, 0.29) is 0 Å². The van der Waals surface area contributed by atoms with Gasteiger partial charge >= 0.3 is 0 Å². The number of H-pyrrole nitrogens is 1. The second-order valence-electron chi connectivity index (χ2n) is 8.54. The molecule has 136 valence electrons. The van der Waals surface area contributed by atoms with Gasteiger partial charge in [-0.05, 0) is 68.8 Å². The Bertz CT molecular complexity index is 960. The van der Waals surface area contributed by atoms with E-state index in [1.165, 1.54) is 52.8 Å². The summed E-state index contributed by atoms with van der Waals surface area (Å²) in [6, 6.07) is 7.54. The molecule has 1 aliphatic carbocycles. The van der Waals surface area contributed by atoms with Gasteiger partial charge < -0.3 is 9.47 Å². The number of rotatable bonds is 2. The smallest absolute Gasteiger partial charge is 0.0626 e. The summed E-state index contributed by atoms with van der Waals surface area (Å²) < 4.78 is 2.31. The van der Waals surface area contributed by atoms with Crippen molar-refractivity contribution in [1.29, 1.82) is 0 Å². The molecule has 1 aliphatic heterocycles. The van der Waals surface area contributed by atoms with Crippen LogP contribution in [0.25, 0.3) is 10.9 Å². The van der Waals surface area contributed by atoms with E-state index in [1.807, 2.05) is 0 Å².